The maximum Gasteiger partial charge on any atom is 0.212 e. The number of hydrogen-bond acceptors (Lipinski definition) is 3. The van der Waals surface area contributed by atoms with Gasteiger partial charge in [0.05, 0.1) is 0 Å². The van der Waals surface area contributed by atoms with Crippen molar-refractivity contribution in [2.75, 3.05) is 5.32 Å². The van der Waals surface area contributed by atoms with E-state index in [1.54, 1.807) is 12.1 Å². The standard InChI is InChI=1S/C9H8ClF.C5H4ClN3O/c10-7-3-4-9(11)8(5-7)6-1-2-6;6-4-1-5(9-3-10)8-2-7-4/h3-6H,1-2H2;1-3H,(H,7,8,9,10). The van der Waals surface area contributed by atoms with E-state index in [4.69, 9.17) is 23.2 Å². The molecule has 1 aromatic carbocycles. The highest BCUT2D eigenvalue weighted by atomic mass is 35.5. The van der Waals surface area contributed by atoms with Gasteiger partial charge in [-0.2, -0.15) is 0 Å². The molecule has 0 aliphatic heterocycles. The van der Waals surface area contributed by atoms with Gasteiger partial charge in [-0.15, -0.1) is 0 Å². The van der Waals surface area contributed by atoms with Crippen molar-refractivity contribution >= 4 is 35.4 Å². The molecule has 0 bridgehead atoms. The average Bonchev–Trinajstić information content (AvgIpc) is 3.27. The van der Waals surface area contributed by atoms with Gasteiger partial charge in [-0.05, 0) is 42.5 Å². The van der Waals surface area contributed by atoms with Crippen LogP contribution in [0.3, 0.4) is 0 Å². The number of rotatable bonds is 3. The van der Waals surface area contributed by atoms with Gasteiger partial charge in [0, 0.05) is 11.1 Å². The molecule has 0 unspecified atom stereocenters. The summed E-state index contributed by atoms with van der Waals surface area (Å²) in [4.78, 5) is 17.2. The third-order valence-corrected chi connectivity index (χ3v) is 3.26. The number of anilines is 1. The topological polar surface area (TPSA) is 54.9 Å². The molecule has 1 amide bonds. The molecule has 1 N–H and O–H groups in total. The van der Waals surface area contributed by atoms with Crippen molar-refractivity contribution in [1.29, 1.82) is 0 Å². The highest BCUT2D eigenvalue weighted by molar-refractivity contribution is 6.30. The minimum atomic E-state index is -0.114. The zero-order chi connectivity index (χ0) is 15.2. The predicted molar refractivity (Wildman–Crippen MR) is 80.1 cm³/mol. The van der Waals surface area contributed by atoms with Gasteiger partial charge < -0.3 is 5.32 Å². The Hall–Kier alpha value is -1.72. The Morgan fingerprint density at radius 3 is 2.62 bits per heavy atom. The first-order chi connectivity index (χ1) is 10.1. The van der Waals surface area contributed by atoms with Crippen molar-refractivity contribution in [2.24, 2.45) is 0 Å². The molecule has 1 fully saturated rings. The van der Waals surface area contributed by atoms with Crippen molar-refractivity contribution in [2.45, 2.75) is 18.8 Å². The molecule has 1 heterocycles. The van der Waals surface area contributed by atoms with Gasteiger partial charge in [0.25, 0.3) is 0 Å². The molecule has 4 nitrogen and oxygen atoms in total. The smallest absolute Gasteiger partial charge is 0.212 e. The lowest BCUT2D eigenvalue weighted by Gasteiger charge is -1.99. The van der Waals surface area contributed by atoms with Gasteiger partial charge in [0.1, 0.15) is 23.1 Å². The summed E-state index contributed by atoms with van der Waals surface area (Å²) in [5.74, 6) is 0.723. The highest BCUT2D eigenvalue weighted by Crippen LogP contribution is 2.41. The first kappa shape index (κ1) is 15.7. The second kappa shape index (κ2) is 7.33. The number of nitrogens with zero attached hydrogens (tertiary/aromatic N) is 2. The lowest BCUT2D eigenvalue weighted by atomic mass is 10.1. The molecule has 7 heteroatoms. The molecular weight excluding hydrogens is 316 g/mol. The minimum Gasteiger partial charge on any atom is -0.313 e. The molecule has 1 saturated carbocycles. The van der Waals surface area contributed by atoms with Crippen LogP contribution in [0.2, 0.25) is 10.2 Å². The third kappa shape index (κ3) is 4.95. The summed E-state index contributed by atoms with van der Waals surface area (Å²) >= 11 is 11.2. The molecule has 1 aliphatic carbocycles. The number of amides is 1. The fourth-order valence-corrected chi connectivity index (χ4v) is 2.02. The number of hydrogen-bond donors (Lipinski definition) is 1. The van der Waals surface area contributed by atoms with Crippen LogP contribution in [0.4, 0.5) is 10.2 Å². The zero-order valence-corrected chi connectivity index (χ0v) is 12.4. The van der Waals surface area contributed by atoms with Gasteiger partial charge >= 0.3 is 0 Å². The third-order valence-electron chi connectivity index (χ3n) is 2.82. The van der Waals surface area contributed by atoms with E-state index in [-0.39, 0.29) is 5.82 Å². The van der Waals surface area contributed by atoms with Gasteiger partial charge in [-0.25, -0.2) is 14.4 Å². The van der Waals surface area contributed by atoms with Crippen molar-refractivity contribution in [3.05, 3.63) is 52.1 Å². The van der Waals surface area contributed by atoms with Crippen LogP contribution in [0, 0.1) is 5.82 Å². The minimum absolute atomic E-state index is 0.114. The van der Waals surface area contributed by atoms with Crippen molar-refractivity contribution in [3.8, 4) is 0 Å². The molecule has 3 rings (SSSR count). The van der Waals surface area contributed by atoms with E-state index in [2.05, 4.69) is 15.3 Å². The number of halogens is 3. The van der Waals surface area contributed by atoms with Gasteiger partial charge in [-0.1, -0.05) is 23.2 Å². The quantitative estimate of drug-likeness (QED) is 0.683. The maximum absolute atomic E-state index is 13.0. The van der Waals surface area contributed by atoms with Crippen LogP contribution < -0.4 is 5.32 Å². The first-order valence-electron chi connectivity index (χ1n) is 6.23. The second-order valence-corrected chi connectivity index (χ2v) is 5.25. The molecule has 0 spiro atoms. The van der Waals surface area contributed by atoms with Crippen LogP contribution in [0.1, 0.15) is 24.3 Å². The van der Waals surface area contributed by atoms with E-state index in [0.29, 0.717) is 28.3 Å². The summed E-state index contributed by atoms with van der Waals surface area (Å²) in [5.41, 5.74) is 0.789. The molecule has 1 aromatic heterocycles. The number of carbonyl (C=O) groups is 1. The Morgan fingerprint density at radius 2 is 2.00 bits per heavy atom. The van der Waals surface area contributed by atoms with Crippen molar-refractivity contribution in [1.82, 2.24) is 9.97 Å². The molecule has 2 aromatic rings. The monoisotopic (exact) mass is 327 g/mol. The Balaban J connectivity index is 0.000000155. The predicted octanol–water partition coefficient (Wildman–Crippen LogP) is 4.05. The van der Waals surface area contributed by atoms with Gasteiger partial charge in [0.15, 0.2) is 0 Å². The molecular formula is C14H12Cl2FN3O. The fraction of sp³-hybridized carbons (Fsp3) is 0.214. The van der Waals surface area contributed by atoms with E-state index >= 15 is 0 Å². The summed E-state index contributed by atoms with van der Waals surface area (Å²) in [7, 11) is 0. The number of benzene rings is 1. The summed E-state index contributed by atoms with van der Waals surface area (Å²) in [5, 5.41) is 3.27. The lowest BCUT2D eigenvalue weighted by Crippen LogP contribution is -1.96. The van der Waals surface area contributed by atoms with Crippen LogP contribution in [-0.2, 0) is 4.79 Å². The van der Waals surface area contributed by atoms with Crippen LogP contribution in [0.5, 0.6) is 0 Å². The Kier molecular flexibility index (Phi) is 5.47. The van der Waals surface area contributed by atoms with Crippen LogP contribution in [0.15, 0.2) is 30.6 Å². The lowest BCUT2D eigenvalue weighted by molar-refractivity contribution is -0.105. The van der Waals surface area contributed by atoms with E-state index in [0.717, 1.165) is 18.4 Å². The van der Waals surface area contributed by atoms with Crippen LogP contribution in [-0.4, -0.2) is 16.4 Å². The van der Waals surface area contributed by atoms with E-state index in [9.17, 15) is 9.18 Å². The summed E-state index contributed by atoms with van der Waals surface area (Å²) in [6.45, 7) is 0. The average molecular weight is 328 g/mol. The molecule has 1 aliphatic rings. The van der Waals surface area contributed by atoms with Crippen molar-refractivity contribution in [3.63, 3.8) is 0 Å². The zero-order valence-electron chi connectivity index (χ0n) is 10.9. The number of carbonyl (C=O) groups excluding carboxylic acids is 1. The van der Waals surface area contributed by atoms with Gasteiger partial charge in [-0.3, -0.25) is 4.79 Å². The normalized spacial score (nSPS) is 13.1. The van der Waals surface area contributed by atoms with E-state index in [1.165, 1.54) is 18.5 Å². The van der Waals surface area contributed by atoms with Gasteiger partial charge in [0.2, 0.25) is 6.41 Å². The Labute approximate surface area is 131 Å². The summed E-state index contributed by atoms with van der Waals surface area (Å²) < 4.78 is 13.0. The van der Waals surface area contributed by atoms with E-state index < -0.39 is 0 Å². The Bertz CT molecular complexity index is 635. The largest absolute Gasteiger partial charge is 0.313 e. The number of nitrogens with one attached hydrogen (secondary N) is 1. The molecule has 0 radical (unpaired) electrons. The van der Waals surface area contributed by atoms with E-state index in [1.807, 2.05) is 0 Å². The Morgan fingerprint density at radius 1 is 1.24 bits per heavy atom. The molecule has 0 saturated heterocycles. The number of aromatic nitrogens is 2. The maximum atomic E-state index is 13.0. The second-order valence-electron chi connectivity index (χ2n) is 4.43. The molecule has 21 heavy (non-hydrogen) atoms. The molecule has 0 atom stereocenters. The highest BCUT2D eigenvalue weighted by Gasteiger charge is 2.26. The van der Waals surface area contributed by atoms with Crippen LogP contribution >= 0.6 is 23.2 Å². The van der Waals surface area contributed by atoms with Crippen LogP contribution in [0.25, 0.3) is 0 Å². The SMILES string of the molecule is Fc1ccc(Cl)cc1C1CC1.O=CNc1cc(Cl)ncn1. The fourth-order valence-electron chi connectivity index (χ4n) is 1.69. The summed E-state index contributed by atoms with van der Waals surface area (Å²) in [6.07, 6.45) is 4.02. The summed E-state index contributed by atoms with van der Waals surface area (Å²) in [6, 6.07) is 6.21. The van der Waals surface area contributed by atoms with Crippen molar-refractivity contribution < 1.29 is 9.18 Å². The first-order valence-corrected chi connectivity index (χ1v) is 6.98. The molecule has 110 valence electrons.